The van der Waals surface area contributed by atoms with Crippen molar-refractivity contribution < 1.29 is 24.2 Å². The fourth-order valence-corrected chi connectivity index (χ4v) is 4.22. The van der Waals surface area contributed by atoms with Crippen molar-refractivity contribution >= 4 is 17.7 Å². The van der Waals surface area contributed by atoms with E-state index in [0.29, 0.717) is 11.1 Å². The molecule has 1 N–H and O–H groups in total. The molecule has 0 aliphatic heterocycles. The van der Waals surface area contributed by atoms with Gasteiger partial charge < -0.3 is 9.84 Å². The van der Waals surface area contributed by atoms with Gasteiger partial charge >= 0.3 is 11.9 Å². The summed E-state index contributed by atoms with van der Waals surface area (Å²) in [6, 6.07) is 19.4. The molecule has 0 spiro atoms. The van der Waals surface area contributed by atoms with Gasteiger partial charge in [-0.3, -0.25) is 9.59 Å². The summed E-state index contributed by atoms with van der Waals surface area (Å²) in [7, 11) is 1.26. The Kier molecular flexibility index (Phi) is 7.63. The number of carboxylic acids is 1. The molecule has 5 heteroatoms. The molecule has 0 aliphatic carbocycles. The van der Waals surface area contributed by atoms with E-state index >= 15 is 0 Å². The number of aromatic carboxylic acids is 1. The summed E-state index contributed by atoms with van der Waals surface area (Å²) >= 11 is 0. The highest BCUT2D eigenvalue weighted by Crippen LogP contribution is 2.39. The van der Waals surface area contributed by atoms with Crippen molar-refractivity contribution in [1.82, 2.24) is 0 Å². The van der Waals surface area contributed by atoms with E-state index in [0.717, 1.165) is 16.7 Å². The number of carboxylic acid groups (broad SMARTS) is 1. The summed E-state index contributed by atoms with van der Waals surface area (Å²) in [6.45, 7) is 10.00. The lowest BCUT2D eigenvalue weighted by Gasteiger charge is -2.31. The number of hydrogen-bond acceptors (Lipinski definition) is 4. The van der Waals surface area contributed by atoms with E-state index in [1.807, 2.05) is 38.1 Å². The van der Waals surface area contributed by atoms with Crippen LogP contribution in [0.5, 0.6) is 0 Å². The molecule has 0 fully saturated rings. The first-order valence-corrected chi connectivity index (χ1v) is 11.7. The van der Waals surface area contributed by atoms with Gasteiger partial charge in [0, 0.05) is 5.56 Å². The van der Waals surface area contributed by atoms with Gasteiger partial charge in [-0.05, 0) is 48.1 Å². The van der Waals surface area contributed by atoms with Crippen LogP contribution < -0.4 is 0 Å². The zero-order valence-electron chi connectivity index (χ0n) is 21.6. The predicted molar refractivity (Wildman–Crippen MR) is 141 cm³/mol. The molecule has 0 aliphatic rings. The SMILES string of the molecule is COC(=O)C(/C=C/C(=O)c1ccc(C)cc1)(c1ccc(C(C)(C)C)cc1)c1cc(C)ccc1C(=O)O. The van der Waals surface area contributed by atoms with Crippen LogP contribution in [0.3, 0.4) is 0 Å². The quantitative estimate of drug-likeness (QED) is 0.245. The zero-order valence-corrected chi connectivity index (χ0v) is 21.6. The van der Waals surface area contributed by atoms with Gasteiger partial charge in [0.15, 0.2) is 5.78 Å². The summed E-state index contributed by atoms with van der Waals surface area (Å²) in [6.07, 6.45) is 2.79. The Morgan fingerprint density at radius 3 is 1.89 bits per heavy atom. The molecule has 0 saturated heterocycles. The van der Waals surface area contributed by atoms with E-state index in [-0.39, 0.29) is 22.3 Å². The van der Waals surface area contributed by atoms with E-state index in [1.165, 1.54) is 25.3 Å². The first-order valence-electron chi connectivity index (χ1n) is 11.7. The molecule has 3 aromatic rings. The molecule has 0 aromatic heterocycles. The van der Waals surface area contributed by atoms with E-state index < -0.39 is 17.4 Å². The molecule has 0 radical (unpaired) electrons. The van der Waals surface area contributed by atoms with Gasteiger partial charge in [0.05, 0.1) is 12.7 Å². The number of methoxy groups -OCH3 is 1. The van der Waals surface area contributed by atoms with Crippen molar-refractivity contribution in [1.29, 1.82) is 0 Å². The van der Waals surface area contributed by atoms with Crippen LogP contribution in [0.25, 0.3) is 0 Å². The van der Waals surface area contributed by atoms with Crippen LogP contribution in [0.1, 0.15) is 69.3 Å². The highest BCUT2D eigenvalue weighted by molar-refractivity contribution is 6.06. The number of hydrogen-bond donors (Lipinski definition) is 1. The summed E-state index contributed by atoms with van der Waals surface area (Å²) < 4.78 is 5.26. The lowest BCUT2D eigenvalue weighted by Crippen LogP contribution is -2.38. The Balaban J connectivity index is 2.33. The normalized spacial score (nSPS) is 13.3. The lowest BCUT2D eigenvalue weighted by atomic mass is 9.71. The number of ether oxygens (including phenoxy) is 1. The van der Waals surface area contributed by atoms with Crippen LogP contribution in [0, 0.1) is 13.8 Å². The van der Waals surface area contributed by atoms with Gasteiger partial charge in [-0.25, -0.2) is 4.79 Å². The second kappa shape index (κ2) is 10.3. The minimum atomic E-state index is -1.66. The van der Waals surface area contributed by atoms with Gasteiger partial charge in [0.25, 0.3) is 0 Å². The molecule has 5 nitrogen and oxygen atoms in total. The number of allylic oxidation sites excluding steroid dienone is 1. The van der Waals surface area contributed by atoms with E-state index in [9.17, 15) is 19.5 Å². The highest BCUT2D eigenvalue weighted by atomic mass is 16.5. The zero-order chi connectivity index (χ0) is 26.7. The molecule has 0 saturated carbocycles. The molecule has 186 valence electrons. The van der Waals surface area contributed by atoms with E-state index in [4.69, 9.17) is 4.74 Å². The third kappa shape index (κ3) is 5.30. The van der Waals surface area contributed by atoms with Crippen LogP contribution in [-0.4, -0.2) is 29.9 Å². The second-order valence-corrected chi connectivity index (χ2v) is 10.0. The Labute approximate surface area is 212 Å². The number of benzene rings is 3. The maximum Gasteiger partial charge on any atom is 0.336 e. The third-order valence-electron chi connectivity index (χ3n) is 6.36. The maximum absolute atomic E-state index is 13.6. The Morgan fingerprint density at radius 2 is 1.36 bits per heavy atom. The van der Waals surface area contributed by atoms with Crippen LogP contribution >= 0.6 is 0 Å². The van der Waals surface area contributed by atoms with Crippen LogP contribution in [0.2, 0.25) is 0 Å². The third-order valence-corrected chi connectivity index (χ3v) is 6.36. The Bertz CT molecular complexity index is 1310. The average Bonchev–Trinajstić information content (AvgIpc) is 2.84. The van der Waals surface area contributed by atoms with Crippen molar-refractivity contribution in [2.24, 2.45) is 0 Å². The molecule has 1 unspecified atom stereocenters. The number of ketones is 1. The molecule has 0 amide bonds. The highest BCUT2D eigenvalue weighted by Gasteiger charge is 2.44. The first kappa shape index (κ1) is 26.6. The topological polar surface area (TPSA) is 80.7 Å². The molecular formula is C31H32O5. The molecule has 3 rings (SSSR count). The molecule has 3 aromatic carbocycles. The summed E-state index contributed by atoms with van der Waals surface area (Å²) in [4.78, 5) is 39.0. The number of carbonyl (C=O) groups excluding carboxylic acids is 2. The minimum absolute atomic E-state index is 0.0432. The lowest BCUT2D eigenvalue weighted by molar-refractivity contribution is -0.144. The van der Waals surface area contributed by atoms with Crippen molar-refractivity contribution in [3.05, 3.63) is 118 Å². The number of esters is 1. The van der Waals surface area contributed by atoms with Crippen molar-refractivity contribution in [3.8, 4) is 0 Å². The van der Waals surface area contributed by atoms with Crippen LogP contribution in [0.15, 0.2) is 78.9 Å². The van der Waals surface area contributed by atoms with Crippen molar-refractivity contribution in [3.63, 3.8) is 0 Å². The van der Waals surface area contributed by atoms with Crippen LogP contribution in [-0.2, 0) is 20.4 Å². The minimum Gasteiger partial charge on any atom is -0.478 e. The maximum atomic E-state index is 13.6. The number of aryl methyl sites for hydroxylation is 2. The fraction of sp³-hybridized carbons (Fsp3) is 0.258. The monoisotopic (exact) mass is 484 g/mol. The number of rotatable bonds is 7. The smallest absolute Gasteiger partial charge is 0.336 e. The summed E-state index contributed by atoms with van der Waals surface area (Å²) in [5.41, 5.74) is 2.20. The molecule has 1 atom stereocenters. The first-order chi connectivity index (χ1) is 16.9. The summed E-state index contributed by atoms with van der Waals surface area (Å²) in [5, 5.41) is 10.0. The molecular weight excluding hydrogens is 452 g/mol. The van der Waals surface area contributed by atoms with Gasteiger partial charge in [-0.15, -0.1) is 0 Å². The molecule has 0 heterocycles. The van der Waals surface area contributed by atoms with Gasteiger partial charge in [0.1, 0.15) is 5.41 Å². The van der Waals surface area contributed by atoms with Gasteiger partial charge in [-0.1, -0.05) is 98.6 Å². The fourth-order valence-electron chi connectivity index (χ4n) is 4.22. The second-order valence-electron chi connectivity index (χ2n) is 10.0. The molecule has 0 bridgehead atoms. The average molecular weight is 485 g/mol. The van der Waals surface area contributed by atoms with Gasteiger partial charge in [0.2, 0.25) is 0 Å². The standard InChI is InChI=1S/C31H32O5/c1-20-7-10-22(11-8-20)27(32)17-18-31(29(35)36-6,24-14-12-23(13-15-24)30(3,4)5)26-19-21(2)9-16-25(26)28(33)34/h7-19H,1-6H3,(H,33,34)/b18-17+. The number of carbonyl (C=O) groups is 3. The van der Waals surface area contributed by atoms with E-state index in [2.05, 4.69) is 20.8 Å². The Hall–Kier alpha value is -3.99. The van der Waals surface area contributed by atoms with Crippen molar-refractivity contribution in [2.45, 2.75) is 45.4 Å². The predicted octanol–water partition coefficient (Wildman–Crippen LogP) is 6.20. The Morgan fingerprint density at radius 1 is 0.806 bits per heavy atom. The largest absolute Gasteiger partial charge is 0.478 e. The summed E-state index contributed by atoms with van der Waals surface area (Å²) in [5.74, 6) is -2.17. The van der Waals surface area contributed by atoms with Crippen molar-refractivity contribution in [2.75, 3.05) is 7.11 Å². The van der Waals surface area contributed by atoms with Gasteiger partial charge in [-0.2, -0.15) is 0 Å². The van der Waals surface area contributed by atoms with Crippen LogP contribution in [0.4, 0.5) is 0 Å². The van der Waals surface area contributed by atoms with E-state index in [1.54, 1.807) is 36.4 Å². The molecule has 36 heavy (non-hydrogen) atoms.